The fraction of sp³-hybridized carbons (Fsp3) is 0.333. The van der Waals surface area contributed by atoms with E-state index in [0.29, 0.717) is 5.69 Å². The van der Waals surface area contributed by atoms with Crippen molar-refractivity contribution in [2.24, 2.45) is 0 Å². The van der Waals surface area contributed by atoms with Crippen LogP contribution in [0.15, 0.2) is 30.3 Å². The van der Waals surface area contributed by atoms with Crippen LogP contribution in [0.5, 0.6) is 0 Å². The molecule has 4 nitrogen and oxygen atoms in total. The third kappa shape index (κ3) is 2.38. The first-order chi connectivity index (χ1) is 8.82. The van der Waals surface area contributed by atoms with Crippen molar-refractivity contribution >= 4 is 5.97 Å². The van der Waals surface area contributed by atoms with Gasteiger partial charge < -0.3 is 5.11 Å². The minimum absolute atomic E-state index is 0.568. The van der Waals surface area contributed by atoms with Gasteiger partial charge in [-0.05, 0) is 45.9 Å². The van der Waals surface area contributed by atoms with Gasteiger partial charge in [-0.1, -0.05) is 17.7 Å². The number of aliphatic carboxylic acids is 1. The Bertz CT molecular complexity index is 610. The SMILES string of the molecule is Cc1ccc(-n2nc(C(C)(C)C(=O)O)cc2C)cc1. The Morgan fingerprint density at radius 1 is 1.21 bits per heavy atom. The number of hydrogen-bond acceptors (Lipinski definition) is 2. The van der Waals surface area contributed by atoms with Gasteiger partial charge >= 0.3 is 5.97 Å². The molecule has 0 unspecified atom stereocenters. The first-order valence-corrected chi connectivity index (χ1v) is 6.20. The molecule has 0 atom stereocenters. The van der Waals surface area contributed by atoms with Crippen molar-refractivity contribution in [3.63, 3.8) is 0 Å². The van der Waals surface area contributed by atoms with E-state index in [0.717, 1.165) is 11.4 Å². The van der Waals surface area contributed by atoms with Gasteiger partial charge in [-0.3, -0.25) is 4.79 Å². The summed E-state index contributed by atoms with van der Waals surface area (Å²) in [4.78, 5) is 11.3. The van der Waals surface area contributed by atoms with Crippen molar-refractivity contribution in [2.45, 2.75) is 33.1 Å². The Hall–Kier alpha value is -2.10. The zero-order valence-corrected chi connectivity index (χ0v) is 11.6. The molecule has 0 saturated carbocycles. The summed E-state index contributed by atoms with van der Waals surface area (Å²) in [7, 11) is 0. The predicted octanol–water partition coefficient (Wildman–Crippen LogP) is 2.85. The predicted molar refractivity (Wildman–Crippen MR) is 73.7 cm³/mol. The molecule has 0 spiro atoms. The topological polar surface area (TPSA) is 55.1 Å². The van der Waals surface area contributed by atoms with Crippen LogP contribution in [0, 0.1) is 13.8 Å². The van der Waals surface area contributed by atoms with E-state index in [9.17, 15) is 9.90 Å². The maximum atomic E-state index is 11.3. The molecule has 0 bridgehead atoms. The van der Waals surface area contributed by atoms with Gasteiger partial charge in [0.25, 0.3) is 0 Å². The van der Waals surface area contributed by atoms with Crippen molar-refractivity contribution in [3.8, 4) is 5.69 Å². The van der Waals surface area contributed by atoms with Crippen LogP contribution in [-0.2, 0) is 10.2 Å². The van der Waals surface area contributed by atoms with Crippen LogP contribution in [-0.4, -0.2) is 20.9 Å². The zero-order chi connectivity index (χ0) is 14.2. The molecule has 1 N–H and O–H groups in total. The van der Waals surface area contributed by atoms with Crippen molar-refractivity contribution in [3.05, 3.63) is 47.3 Å². The van der Waals surface area contributed by atoms with E-state index in [2.05, 4.69) is 5.10 Å². The lowest BCUT2D eigenvalue weighted by atomic mass is 9.89. The molecular weight excluding hydrogens is 240 g/mol. The molecule has 1 aromatic carbocycles. The molecule has 2 rings (SSSR count). The molecule has 100 valence electrons. The van der Waals surface area contributed by atoms with Crippen LogP contribution in [0.2, 0.25) is 0 Å². The normalized spacial score (nSPS) is 11.6. The Labute approximate surface area is 112 Å². The van der Waals surface area contributed by atoms with E-state index in [1.165, 1.54) is 5.56 Å². The standard InChI is InChI=1S/C15H18N2O2/c1-10-5-7-12(8-6-10)17-11(2)9-13(16-17)15(3,4)14(18)19/h5-9H,1-4H3,(H,18,19). The highest BCUT2D eigenvalue weighted by Crippen LogP contribution is 2.24. The van der Waals surface area contributed by atoms with Gasteiger partial charge in [-0.25, -0.2) is 4.68 Å². The molecule has 19 heavy (non-hydrogen) atoms. The number of nitrogens with zero attached hydrogens (tertiary/aromatic N) is 2. The lowest BCUT2D eigenvalue weighted by Gasteiger charge is -2.15. The van der Waals surface area contributed by atoms with Gasteiger partial charge in [0.05, 0.1) is 11.4 Å². The number of carboxylic acid groups (broad SMARTS) is 1. The number of carbonyl (C=O) groups is 1. The van der Waals surface area contributed by atoms with Gasteiger partial charge in [-0.15, -0.1) is 0 Å². The fourth-order valence-corrected chi connectivity index (χ4v) is 1.84. The summed E-state index contributed by atoms with van der Waals surface area (Å²) in [5.74, 6) is -0.874. The molecule has 2 aromatic rings. The molecule has 4 heteroatoms. The first kappa shape index (κ1) is 13.3. The lowest BCUT2D eigenvalue weighted by Crippen LogP contribution is -2.29. The third-order valence-corrected chi connectivity index (χ3v) is 3.34. The summed E-state index contributed by atoms with van der Waals surface area (Å²) in [6.45, 7) is 7.28. The van der Waals surface area contributed by atoms with E-state index in [1.54, 1.807) is 18.5 Å². The van der Waals surface area contributed by atoms with Crippen LogP contribution >= 0.6 is 0 Å². The van der Waals surface area contributed by atoms with Crippen molar-refractivity contribution in [1.29, 1.82) is 0 Å². The molecular formula is C15H18N2O2. The molecule has 0 radical (unpaired) electrons. The molecule has 0 fully saturated rings. The highest BCUT2D eigenvalue weighted by Gasteiger charge is 2.32. The van der Waals surface area contributed by atoms with Gasteiger partial charge in [-0.2, -0.15) is 5.10 Å². The van der Waals surface area contributed by atoms with Crippen LogP contribution < -0.4 is 0 Å². The summed E-state index contributed by atoms with van der Waals surface area (Å²) in [6, 6.07) is 9.81. The second-order valence-electron chi connectivity index (χ2n) is 5.35. The van der Waals surface area contributed by atoms with Gasteiger partial charge in [0, 0.05) is 5.69 Å². The largest absolute Gasteiger partial charge is 0.481 e. The Morgan fingerprint density at radius 3 is 2.32 bits per heavy atom. The highest BCUT2D eigenvalue weighted by molar-refractivity contribution is 5.79. The molecule has 1 heterocycles. The number of rotatable bonds is 3. The van der Waals surface area contributed by atoms with Crippen molar-refractivity contribution < 1.29 is 9.90 Å². The zero-order valence-electron chi connectivity index (χ0n) is 11.6. The maximum absolute atomic E-state index is 11.3. The van der Waals surface area contributed by atoms with E-state index in [1.807, 2.05) is 44.2 Å². The van der Waals surface area contributed by atoms with E-state index in [-0.39, 0.29) is 0 Å². The maximum Gasteiger partial charge on any atom is 0.315 e. The van der Waals surface area contributed by atoms with Gasteiger partial charge in [0.2, 0.25) is 0 Å². The second-order valence-corrected chi connectivity index (χ2v) is 5.35. The number of benzene rings is 1. The van der Waals surface area contributed by atoms with Crippen LogP contribution in [0.3, 0.4) is 0 Å². The lowest BCUT2D eigenvalue weighted by molar-refractivity contribution is -0.142. The average molecular weight is 258 g/mol. The molecule has 0 aliphatic heterocycles. The van der Waals surface area contributed by atoms with Crippen LogP contribution in [0.25, 0.3) is 5.69 Å². The van der Waals surface area contributed by atoms with Gasteiger partial charge in [0.15, 0.2) is 0 Å². The van der Waals surface area contributed by atoms with E-state index in [4.69, 9.17) is 0 Å². The third-order valence-electron chi connectivity index (χ3n) is 3.34. The smallest absolute Gasteiger partial charge is 0.315 e. The summed E-state index contributed by atoms with van der Waals surface area (Å²) in [5, 5.41) is 13.7. The number of aromatic nitrogens is 2. The second kappa shape index (κ2) is 4.53. The van der Waals surface area contributed by atoms with Crippen molar-refractivity contribution in [2.75, 3.05) is 0 Å². The molecule has 0 aliphatic carbocycles. The Morgan fingerprint density at radius 2 is 1.79 bits per heavy atom. The van der Waals surface area contributed by atoms with Crippen LogP contribution in [0.1, 0.15) is 30.8 Å². The summed E-state index contributed by atoms with van der Waals surface area (Å²) in [6.07, 6.45) is 0. The minimum atomic E-state index is -0.985. The molecule has 0 aliphatic rings. The summed E-state index contributed by atoms with van der Waals surface area (Å²) in [5.41, 5.74) is 2.63. The Balaban J connectivity index is 2.47. The van der Waals surface area contributed by atoms with Crippen molar-refractivity contribution in [1.82, 2.24) is 9.78 Å². The first-order valence-electron chi connectivity index (χ1n) is 6.20. The fourth-order valence-electron chi connectivity index (χ4n) is 1.84. The number of aryl methyl sites for hydroxylation is 2. The quantitative estimate of drug-likeness (QED) is 0.921. The Kier molecular flexibility index (Phi) is 3.18. The highest BCUT2D eigenvalue weighted by atomic mass is 16.4. The summed E-state index contributed by atoms with van der Waals surface area (Å²) >= 11 is 0. The molecule has 0 saturated heterocycles. The average Bonchev–Trinajstić information content (AvgIpc) is 2.73. The van der Waals surface area contributed by atoms with Crippen LogP contribution in [0.4, 0.5) is 0 Å². The van der Waals surface area contributed by atoms with E-state index >= 15 is 0 Å². The molecule has 0 amide bonds. The summed E-state index contributed by atoms with van der Waals surface area (Å²) < 4.78 is 1.78. The number of hydrogen-bond donors (Lipinski definition) is 1. The minimum Gasteiger partial charge on any atom is -0.481 e. The molecule has 1 aromatic heterocycles. The van der Waals surface area contributed by atoms with E-state index < -0.39 is 11.4 Å². The monoisotopic (exact) mass is 258 g/mol. The number of carboxylic acids is 1. The van der Waals surface area contributed by atoms with Gasteiger partial charge in [0.1, 0.15) is 5.41 Å².